The minimum absolute atomic E-state index is 0.0285. The largest absolute Gasteiger partial charge is 0.354 e. The lowest BCUT2D eigenvalue weighted by atomic mass is 9.94. The average molecular weight is 253 g/mol. The third-order valence-corrected chi connectivity index (χ3v) is 3.58. The SMILES string of the molecule is CC1CCNC(C(=O)NCCC(=O)NC2CC2)C1. The number of rotatable bonds is 5. The maximum absolute atomic E-state index is 11.9. The van der Waals surface area contributed by atoms with E-state index in [1.54, 1.807) is 0 Å². The minimum atomic E-state index is -0.0831. The second-order valence-electron chi connectivity index (χ2n) is 5.52. The molecule has 0 aromatic carbocycles. The van der Waals surface area contributed by atoms with Gasteiger partial charge in [-0.1, -0.05) is 6.92 Å². The monoisotopic (exact) mass is 253 g/mol. The van der Waals surface area contributed by atoms with E-state index in [2.05, 4.69) is 22.9 Å². The van der Waals surface area contributed by atoms with Gasteiger partial charge < -0.3 is 16.0 Å². The summed E-state index contributed by atoms with van der Waals surface area (Å²) in [6.45, 7) is 3.51. The molecule has 1 aliphatic carbocycles. The molecule has 102 valence electrons. The van der Waals surface area contributed by atoms with Crippen LogP contribution in [0.3, 0.4) is 0 Å². The summed E-state index contributed by atoms with van der Waals surface area (Å²) < 4.78 is 0. The van der Waals surface area contributed by atoms with Gasteiger partial charge in [0.05, 0.1) is 6.04 Å². The summed E-state index contributed by atoms with van der Waals surface area (Å²) in [4.78, 5) is 23.3. The summed E-state index contributed by atoms with van der Waals surface area (Å²) in [6, 6.07) is 0.314. The second kappa shape index (κ2) is 6.18. The van der Waals surface area contributed by atoms with Crippen LogP contribution in [-0.4, -0.2) is 37.0 Å². The molecular weight excluding hydrogens is 230 g/mol. The fourth-order valence-electron chi connectivity index (χ4n) is 2.26. The van der Waals surface area contributed by atoms with Gasteiger partial charge in [0.2, 0.25) is 11.8 Å². The first-order valence-electron chi connectivity index (χ1n) is 6.95. The molecule has 5 heteroatoms. The lowest BCUT2D eigenvalue weighted by molar-refractivity contribution is -0.124. The molecular formula is C13H23N3O2. The van der Waals surface area contributed by atoms with E-state index >= 15 is 0 Å². The molecule has 1 heterocycles. The molecule has 2 amide bonds. The van der Waals surface area contributed by atoms with Gasteiger partial charge in [0.25, 0.3) is 0 Å². The van der Waals surface area contributed by atoms with Crippen LogP contribution in [0.15, 0.2) is 0 Å². The zero-order valence-electron chi connectivity index (χ0n) is 11.0. The lowest BCUT2D eigenvalue weighted by Crippen LogP contribution is -2.48. The molecule has 1 saturated carbocycles. The highest BCUT2D eigenvalue weighted by Gasteiger charge is 2.25. The Bertz CT molecular complexity index is 315. The predicted octanol–water partition coefficient (Wildman–Crippen LogP) is 0.159. The predicted molar refractivity (Wildman–Crippen MR) is 69.0 cm³/mol. The van der Waals surface area contributed by atoms with Crippen molar-refractivity contribution < 1.29 is 9.59 Å². The quantitative estimate of drug-likeness (QED) is 0.653. The van der Waals surface area contributed by atoms with Crippen LogP contribution in [0.1, 0.15) is 39.0 Å². The van der Waals surface area contributed by atoms with Crippen molar-refractivity contribution in [3.05, 3.63) is 0 Å². The van der Waals surface area contributed by atoms with Crippen LogP contribution >= 0.6 is 0 Å². The number of carbonyl (C=O) groups is 2. The van der Waals surface area contributed by atoms with Crippen molar-refractivity contribution in [1.29, 1.82) is 0 Å². The zero-order valence-corrected chi connectivity index (χ0v) is 11.0. The number of amides is 2. The highest BCUT2D eigenvalue weighted by Crippen LogP contribution is 2.18. The Labute approximate surface area is 108 Å². The molecule has 1 aliphatic heterocycles. The number of carbonyl (C=O) groups excluding carboxylic acids is 2. The summed E-state index contributed by atoms with van der Waals surface area (Å²) in [5, 5.41) is 8.96. The molecule has 0 aromatic heterocycles. The van der Waals surface area contributed by atoms with Crippen molar-refractivity contribution in [2.75, 3.05) is 13.1 Å². The molecule has 0 spiro atoms. The van der Waals surface area contributed by atoms with E-state index in [1.807, 2.05) is 0 Å². The Morgan fingerprint density at radius 3 is 2.72 bits per heavy atom. The van der Waals surface area contributed by atoms with Crippen LogP contribution in [0, 0.1) is 5.92 Å². The fourth-order valence-corrected chi connectivity index (χ4v) is 2.26. The maximum atomic E-state index is 11.9. The molecule has 18 heavy (non-hydrogen) atoms. The Morgan fingerprint density at radius 2 is 2.06 bits per heavy atom. The molecule has 2 fully saturated rings. The van der Waals surface area contributed by atoms with E-state index in [9.17, 15) is 9.59 Å². The smallest absolute Gasteiger partial charge is 0.237 e. The lowest BCUT2D eigenvalue weighted by Gasteiger charge is -2.27. The number of piperidine rings is 1. The van der Waals surface area contributed by atoms with Gasteiger partial charge in [-0.2, -0.15) is 0 Å². The van der Waals surface area contributed by atoms with Crippen molar-refractivity contribution in [2.45, 2.75) is 51.1 Å². The molecule has 3 N–H and O–H groups in total. The van der Waals surface area contributed by atoms with Gasteiger partial charge in [-0.25, -0.2) is 0 Å². The first kappa shape index (κ1) is 13.3. The van der Waals surface area contributed by atoms with Crippen LogP contribution < -0.4 is 16.0 Å². The van der Waals surface area contributed by atoms with E-state index in [0.29, 0.717) is 24.9 Å². The summed E-state index contributed by atoms with van der Waals surface area (Å²) in [6.07, 6.45) is 4.60. The first-order chi connectivity index (χ1) is 8.65. The van der Waals surface area contributed by atoms with Crippen LogP contribution in [0.2, 0.25) is 0 Å². The molecule has 0 radical (unpaired) electrons. The standard InChI is InChI=1S/C13H23N3O2/c1-9-4-6-14-11(8-9)13(18)15-7-5-12(17)16-10-2-3-10/h9-11,14H,2-8H2,1H3,(H,15,18)(H,16,17). The molecule has 1 saturated heterocycles. The molecule has 2 rings (SSSR count). The molecule has 5 nitrogen and oxygen atoms in total. The maximum Gasteiger partial charge on any atom is 0.237 e. The Hall–Kier alpha value is -1.10. The first-order valence-corrected chi connectivity index (χ1v) is 6.95. The summed E-state index contributed by atoms with van der Waals surface area (Å²) in [7, 11) is 0. The van der Waals surface area contributed by atoms with Crippen molar-refractivity contribution in [3.8, 4) is 0 Å². The van der Waals surface area contributed by atoms with E-state index < -0.39 is 0 Å². The molecule has 0 aromatic rings. The van der Waals surface area contributed by atoms with Gasteiger partial charge in [-0.3, -0.25) is 9.59 Å². The van der Waals surface area contributed by atoms with Gasteiger partial charge in [-0.05, 0) is 38.1 Å². The number of hydrogen-bond acceptors (Lipinski definition) is 3. The van der Waals surface area contributed by atoms with Gasteiger partial charge in [0.15, 0.2) is 0 Å². The van der Waals surface area contributed by atoms with E-state index in [0.717, 1.165) is 32.2 Å². The van der Waals surface area contributed by atoms with Crippen molar-refractivity contribution >= 4 is 11.8 Å². The topological polar surface area (TPSA) is 70.2 Å². The van der Waals surface area contributed by atoms with Crippen LogP contribution in [-0.2, 0) is 9.59 Å². The van der Waals surface area contributed by atoms with E-state index in [1.165, 1.54) is 0 Å². The van der Waals surface area contributed by atoms with Crippen LogP contribution in [0.5, 0.6) is 0 Å². The van der Waals surface area contributed by atoms with Crippen LogP contribution in [0.25, 0.3) is 0 Å². The minimum Gasteiger partial charge on any atom is -0.354 e. The van der Waals surface area contributed by atoms with Gasteiger partial charge in [-0.15, -0.1) is 0 Å². The fraction of sp³-hybridized carbons (Fsp3) is 0.846. The van der Waals surface area contributed by atoms with Gasteiger partial charge in [0.1, 0.15) is 0 Å². The summed E-state index contributed by atoms with van der Waals surface area (Å²) in [5.41, 5.74) is 0. The molecule has 2 atom stereocenters. The molecule has 2 aliphatic rings. The third-order valence-electron chi connectivity index (χ3n) is 3.58. The normalized spacial score (nSPS) is 27.6. The van der Waals surface area contributed by atoms with E-state index in [-0.39, 0.29) is 17.9 Å². The number of hydrogen-bond donors (Lipinski definition) is 3. The van der Waals surface area contributed by atoms with Crippen molar-refractivity contribution in [3.63, 3.8) is 0 Å². The van der Waals surface area contributed by atoms with Crippen molar-refractivity contribution in [1.82, 2.24) is 16.0 Å². The second-order valence-corrected chi connectivity index (χ2v) is 5.52. The Morgan fingerprint density at radius 1 is 1.28 bits per heavy atom. The van der Waals surface area contributed by atoms with Crippen molar-refractivity contribution in [2.24, 2.45) is 5.92 Å². The van der Waals surface area contributed by atoms with Gasteiger partial charge in [0, 0.05) is 19.0 Å². The summed E-state index contributed by atoms with van der Waals surface area (Å²) in [5.74, 6) is 0.670. The van der Waals surface area contributed by atoms with Gasteiger partial charge >= 0.3 is 0 Å². The number of nitrogens with one attached hydrogen (secondary N) is 3. The van der Waals surface area contributed by atoms with E-state index in [4.69, 9.17) is 0 Å². The highest BCUT2D eigenvalue weighted by molar-refractivity contribution is 5.83. The Balaban J connectivity index is 1.60. The van der Waals surface area contributed by atoms with Crippen LogP contribution in [0.4, 0.5) is 0 Å². The molecule has 2 unspecified atom stereocenters. The average Bonchev–Trinajstić information content (AvgIpc) is 3.12. The molecule has 0 bridgehead atoms. The highest BCUT2D eigenvalue weighted by atomic mass is 16.2. The zero-order chi connectivity index (χ0) is 13.0. The summed E-state index contributed by atoms with van der Waals surface area (Å²) >= 11 is 0. The Kier molecular flexibility index (Phi) is 4.58. The third kappa shape index (κ3) is 4.29.